The van der Waals surface area contributed by atoms with Gasteiger partial charge in [0.2, 0.25) is 0 Å². The van der Waals surface area contributed by atoms with Crippen LogP contribution in [0.15, 0.2) is 48.5 Å². The van der Waals surface area contributed by atoms with Crippen molar-refractivity contribution in [2.45, 2.75) is 13.3 Å². The maximum Gasteiger partial charge on any atom is 0.255 e. The Bertz CT molecular complexity index is 640. The Morgan fingerprint density at radius 1 is 0.958 bits per heavy atom. The third-order valence-corrected chi connectivity index (χ3v) is 3.24. The SMILES string of the molecule is CCCOc1ccc(C(=O)Nc2cccc(OCCOC)c2)cc1. The van der Waals surface area contributed by atoms with Crippen LogP contribution in [0.2, 0.25) is 0 Å². The molecule has 0 fully saturated rings. The van der Waals surface area contributed by atoms with Crippen molar-refractivity contribution >= 4 is 11.6 Å². The second kappa shape index (κ2) is 9.57. The summed E-state index contributed by atoms with van der Waals surface area (Å²) in [5.74, 6) is 1.28. The highest BCUT2D eigenvalue weighted by molar-refractivity contribution is 6.04. The minimum Gasteiger partial charge on any atom is -0.494 e. The lowest BCUT2D eigenvalue weighted by Crippen LogP contribution is -2.12. The fourth-order valence-electron chi connectivity index (χ4n) is 2.03. The van der Waals surface area contributed by atoms with Gasteiger partial charge in [0.1, 0.15) is 18.1 Å². The fourth-order valence-corrected chi connectivity index (χ4v) is 2.03. The number of hydrogen-bond acceptors (Lipinski definition) is 4. The van der Waals surface area contributed by atoms with Gasteiger partial charge in [-0.2, -0.15) is 0 Å². The molecule has 0 atom stereocenters. The van der Waals surface area contributed by atoms with E-state index in [9.17, 15) is 4.79 Å². The summed E-state index contributed by atoms with van der Waals surface area (Å²) < 4.78 is 16.0. The summed E-state index contributed by atoms with van der Waals surface area (Å²) >= 11 is 0. The molecule has 0 spiro atoms. The minimum absolute atomic E-state index is 0.175. The van der Waals surface area contributed by atoms with Crippen molar-refractivity contribution in [1.82, 2.24) is 0 Å². The number of benzene rings is 2. The average Bonchev–Trinajstić information content (AvgIpc) is 2.61. The highest BCUT2D eigenvalue weighted by Crippen LogP contribution is 2.19. The first kappa shape index (κ1) is 17.8. The molecular formula is C19H23NO4. The smallest absolute Gasteiger partial charge is 0.255 e. The van der Waals surface area contributed by atoms with Crippen molar-refractivity contribution in [1.29, 1.82) is 0 Å². The zero-order valence-corrected chi connectivity index (χ0v) is 14.1. The normalized spacial score (nSPS) is 10.2. The van der Waals surface area contributed by atoms with Crippen molar-refractivity contribution in [2.24, 2.45) is 0 Å². The maximum absolute atomic E-state index is 12.3. The number of rotatable bonds is 9. The summed E-state index contributed by atoms with van der Waals surface area (Å²) in [4.78, 5) is 12.3. The number of anilines is 1. The molecule has 0 heterocycles. The molecule has 0 saturated carbocycles. The van der Waals surface area contributed by atoms with Crippen molar-refractivity contribution in [2.75, 3.05) is 32.2 Å². The molecule has 0 radical (unpaired) electrons. The van der Waals surface area contributed by atoms with Crippen LogP contribution in [0.3, 0.4) is 0 Å². The predicted octanol–water partition coefficient (Wildman–Crippen LogP) is 3.75. The molecule has 128 valence electrons. The second-order valence-electron chi connectivity index (χ2n) is 5.20. The molecule has 2 rings (SSSR count). The van der Waals surface area contributed by atoms with Crippen molar-refractivity contribution in [3.63, 3.8) is 0 Å². The standard InChI is InChI=1S/C19H23NO4/c1-3-11-23-17-9-7-15(8-10-17)19(21)20-16-5-4-6-18(14-16)24-13-12-22-2/h4-10,14H,3,11-13H2,1-2H3,(H,20,21). The summed E-state index contributed by atoms with van der Waals surface area (Å²) in [6.45, 7) is 3.70. The molecule has 0 aliphatic heterocycles. The van der Waals surface area contributed by atoms with Crippen molar-refractivity contribution in [3.8, 4) is 11.5 Å². The molecule has 1 N–H and O–H groups in total. The van der Waals surface area contributed by atoms with Gasteiger partial charge in [0.25, 0.3) is 5.91 Å². The van der Waals surface area contributed by atoms with Gasteiger partial charge in [-0.3, -0.25) is 4.79 Å². The van der Waals surface area contributed by atoms with Gasteiger partial charge >= 0.3 is 0 Å². The first-order chi connectivity index (χ1) is 11.7. The molecule has 0 saturated heterocycles. The van der Waals surface area contributed by atoms with Gasteiger partial charge in [-0.05, 0) is 42.8 Å². The van der Waals surface area contributed by atoms with E-state index in [1.54, 1.807) is 37.4 Å². The van der Waals surface area contributed by atoms with E-state index in [0.29, 0.717) is 36.8 Å². The Morgan fingerprint density at radius 3 is 2.42 bits per heavy atom. The van der Waals surface area contributed by atoms with Gasteiger partial charge in [-0.15, -0.1) is 0 Å². The van der Waals surface area contributed by atoms with Crippen LogP contribution in [0.5, 0.6) is 11.5 Å². The first-order valence-corrected chi connectivity index (χ1v) is 7.99. The number of hydrogen-bond donors (Lipinski definition) is 1. The minimum atomic E-state index is -0.175. The lowest BCUT2D eigenvalue weighted by atomic mass is 10.2. The van der Waals surface area contributed by atoms with Gasteiger partial charge in [0, 0.05) is 24.4 Å². The van der Waals surface area contributed by atoms with Gasteiger partial charge in [0.15, 0.2) is 0 Å². The van der Waals surface area contributed by atoms with E-state index in [2.05, 4.69) is 12.2 Å². The molecule has 0 aliphatic carbocycles. The van der Waals surface area contributed by atoms with Gasteiger partial charge in [-0.25, -0.2) is 0 Å². The van der Waals surface area contributed by atoms with Crippen LogP contribution in [0.4, 0.5) is 5.69 Å². The molecule has 5 nitrogen and oxygen atoms in total. The summed E-state index contributed by atoms with van der Waals surface area (Å²) in [7, 11) is 1.62. The molecular weight excluding hydrogens is 306 g/mol. The number of carbonyl (C=O) groups excluding carboxylic acids is 1. The van der Waals surface area contributed by atoms with Crippen LogP contribution < -0.4 is 14.8 Å². The molecule has 2 aromatic rings. The van der Waals surface area contributed by atoms with Crippen molar-refractivity contribution in [3.05, 3.63) is 54.1 Å². The van der Waals surface area contributed by atoms with Crippen LogP contribution >= 0.6 is 0 Å². The van der Waals surface area contributed by atoms with Crippen LogP contribution in [-0.4, -0.2) is 32.8 Å². The Labute approximate surface area is 142 Å². The van der Waals surface area contributed by atoms with Crippen LogP contribution in [-0.2, 0) is 4.74 Å². The van der Waals surface area contributed by atoms with E-state index in [4.69, 9.17) is 14.2 Å². The van der Waals surface area contributed by atoms with Crippen LogP contribution in [0.25, 0.3) is 0 Å². The highest BCUT2D eigenvalue weighted by Gasteiger charge is 2.07. The third kappa shape index (κ3) is 5.59. The van der Waals surface area contributed by atoms with E-state index in [-0.39, 0.29) is 5.91 Å². The van der Waals surface area contributed by atoms with Gasteiger partial charge in [0.05, 0.1) is 13.2 Å². The molecule has 0 aliphatic rings. The quantitative estimate of drug-likeness (QED) is 0.712. The number of ether oxygens (including phenoxy) is 3. The summed E-state index contributed by atoms with van der Waals surface area (Å²) in [5, 5.41) is 2.86. The summed E-state index contributed by atoms with van der Waals surface area (Å²) in [5.41, 5.74) is 1.26. The molecule has 2 aromatic carbocycles. The number of amides is 1. The summed E-state index contributed by atoms with van der Waals surface area (Å²) in [6, 6.07) is 14.4. The third-order valence-electron chi connectivity index (χ3n) is 3.24. The highest BCUT2D eigenvalue weighted by atomic mass is 16.5. The Balaban J connectivity index is 1.95. The van der Waals surface area contributed by atoms with Crippen LogP contribution in [0, 0.1) is 0 Å². The lowest BCUT2D eigenvalue weighted by molar-refractivity contribution is 0.102. The van der Waals surface area contributed by atoms with Gasteiger partial charge in [-0.1, -0.05) is 13.0 Å². The lowest BCUT2D eigenvalue weighted by Gasteiger charge is -2.09. The van der Waals surface area contributed by atoms with E-state index >= 15 is 0 Å². The fraction of sp³-hybridized carbons (Fsp3) is 0.316. The second-order valence-corrected chi connectivity index (χ2v) is 5.20. The maximum atomic E-state index is 12.3. The Hall–Kier alpha value is -2.53. The molecule has 0 unspecified atom stereocenters. The molecule has 24 heavy (non-hydrogen) atoms. The topological polar surface area (TPSA) is 56.8 Å². The monoisotopic (exact) mass is 329 g/mol. The van der Waals surface area contributed by atoms with Gasteiger partial charge < -0.3 is 19.5 Å². The Kier molecular flexibility index (Phi) is 7.11. The van der Waals surface area contributed by atoms with Crippen molar-refractivity contribution < 1.29 is 19.0 Å². The van der Waals surface area contributed by atoms with E-state index < -0.39 is 0 Å². The predicted molar refractivity (Wildman–Crippen MR) is 94.0 cm³/mol. The average molecular weight is 329 g/mol. The number of nitrogens with one attached hydrogen (secondary N) is 1. The number of carbonyl (C=O) groups is 1. The largest absolute Gasteiger partial charge is 0.494 e. The zero-order valence-electron chi connectivity index (χ0n) is 14.1. The Morgan fingerprint density at radius 2 is 1.71 bits per heavy atom. The molecule has 0 aromatic heterocycles. The molecule has 0 bridgehead atoms. The molecule has 5 heteroatoms. The van der Waals surface area contributed by atoms with E-state index in [1.165, 1.54) is 0 Å². The zero-order chi connectivity index (χ0) is 17.2. The summed E-state index contributed by atoms with van der Waals surface area (Å²) in [6.07, 6.45) is 0.949. The van der Waals surface area contributed by atoms with Crippen LogP contribution in [0.1, 0.15) is 23.7 Å². The van der Waals surface area contributed by atoms with E-state index in [1.807, 2.05) is 18.2 Å². The number of methoxy groups -OCH3 is 1. The van der Waals surface area contributed by atoms with E-state index in [0.717, 1.165) is 12.2 Å². The first-order valence-electron chi connectivity index (χ1n) is 7.99. The molecule has 1 amide bonds.